The van der Waals surface area contributed by atoms with Gasteiger partial charge in [0.05, 0.1) is 17.5 Å². The van der Waals surface area contributed by atoms with Crippen molar-refractivity contribution in [2.24, 2.45) is 7.05 Å². The van der Waals surface area contributed by atoms with Gasteiger partial charge in [-0.2, -0.15) is 5.10 Å². The Kier molecular flexibility index (Phi) is 4.91. The highest BCUT2D eigenvalue weighted by Gasteiger charge is 2.23. The van der Waals surface area contributed by atoms with Crippen LogP contribution in [0.15, 0.2) is 55.0 Å². The maximum absolute atomic E-state index is 13.5. The van der Waals surface area contributed by atoms with Crippen LogP contribution in [0.3, 0.4) is 0 Å². The quantitative estimate of drug-likeness (QED) is 0.479. The summed E-state index contributed by atoms with van der Waals surface area (Å²) in [6, 6.07) is 9.88. The molecule has 0 fully saturated rings. The lowest BCUT2D eigenvalue weighted by Crippen LogP contribution is -2.24. The van der Waals surface area contributed by atoms with E-state index in [-0.39, 0.29) is 35.2 Å². The lowest BCUT2D eigenvalue weighted by Gasteiger charge is -2.10. The summed E-state index contributed by atoms with van der Waals surface area (Å²) in [5.74, 6) is -0.800. The highest BCUT2D eigenvalue weighted by molar-refractivity contribution is 6.07. The number of nitrogens with zero attached hydrogens (tertiary/aromatic N) is 5. The molecular weight excluding hydrogens is 385 g/mol. The number of imidazole rings is 1. The van der Waals surface area contributed by atoms with Crippen molar-refractivity contribution in [2.75, 3.05) is 14.1 Å². The summed E-state index contributed by atoms with van der Waals surface area (Å²) in [4.78, 5) is 31.3. The number of halogens is 1. The molecule has 0 aliphatic carbocycles. The van der Waals surface area contributed by atoms with E-state index in [4.69, 9.17) is 0 Å². The number of benzene rings is 1. The van der Waals surface area contributed by atoms with Crippen LogP contribution < -0.4 is 0 Å². The minimum atomic E-state index is -0.324. The molecule has 4 rings (SSSR count). The van der Waals surface area contributed by atoms with Crippen molar-refractivity contribution < 1.29 is 14.0 Å². The number of carbonyl (C=O) groups excluding carboxylic acids is 2. The highest BCUT2D eigenvalue weighted by atomic mass is 19.1. The smallest absolute Gasteiger partial charge is 0.257 e. The zero-order chi connectivity index (χ0) is 21.4. The Bertz CT molecular complexity index is 1270. The normalized spacial score (nSPS) is 11.1. The molecule has 30 heavy (non-hydrogen) atoms. The molecule has 0 saturated heterocycles. The van der Waals surface area contributed by atoms with E-state index in [2.05, 4.69) is 10.1 Å². The number of carbonyl (C=O) groups is 2. The molecule has 8 heteroatoms. The Hall–Kier alpha value is -3.81. The SMILES string of the molecule is CN(C)C(=O)c1cnn(C)c1C(=O)Cc1ccn2cc(-c3cccc(F)c3)nc2c1. The second kappa shape index (κ2) is 7.55. The molecule has 3 aromatic heterocycles. The van der Waals surface area contributed by atoms with Gasteiger partial charge < -0.3 is 9.30 Å². The van der Waals surface area contributed by atoms with Crippen LogP contribution in [0.2, 0.25) is 0 Å². The lowest BCUT2D eigenvalue weighted by atomic mass is 10.0. The minimum absolute atomic E-state index is 0.103. The van der Waals surface area contributed by atoms with Crippen LogP contribution in [0, 0.1) is 5.82 Å². The predicted octanol–water partition coefficient (Wildman–Crippen LogP) is 3.00. The van der Waals surface area contributed by atoms with Crippen molar-refractivity contribution in [2.45, 2.75) is 6.42 Å². The van der Waals surface area contributed by atoms with E-state index in [1.807, 2.05) is 28.9 Å². The molecular formula is C22H20FN5O2. The van der Waals surface area contributed by atoms with Crippen LogP contribution in [0.1, 0.15) is 26.4 Å². The van der Waals surface area contributed by atoms with Gasteiger partial charge >= 0.3 is 0 Å². The number of hydrogen-bond acceptors (Lipinski definition) is 4. The number of fused-ring (bicyclic) bond motifs is 1. The summed E-state index contributed by atoms with van der Waals surface area (Å²) in [7, 11) is 4.90. The predicted molar refractivity (Wildman–Crippen MR) is 110 cm³/mol. The van der Waals surface area contributed by atoms with Crippen LogP contribution in [-0.4, -0.2) is 49.9 Å². The van der Waals surface area contributed by atoms with Gasteiger partial charge in [-0.3, -0.25) is 14.3 Å². The third kappa shape index (κ3) is 3.59. The summed E-state index contributed by atoms with van der Waals surface area (Å²) in [5, 5.41) is 4.08. The molecule has 4 aromatic rings. The van der Waals surface area contributed by atoms with Gasteiger partial charge in [-0.15, -0.1) is 0 Å². The molecule has 152 valence electrons. The molecule has 0 atom stereocenters. The second-order valence-electron chi connectivity index (χ2n) is 7.27. The van der Waals surface area contributed by atoms with E-state index in [0.29, 0.717) is 16.9 Å². The first-order valence-corrected chi connectivity index (χ1v) is 9.34. The van der Waals surface area contributed by atoms with Crippen LogP contribution >= 0.6 is 0 Å². The fourth-order valence-electron chi connectivity index (χ4n) is 3.36. The fraction of sp³-hybridized carbons (Fsp3) is 0.182. The van der Waals surface area contributed by atoms with Crippen LogP contribution in [0.5, 0.6) is 0 Å². The number of ketones is 1. The first-order valence-electron chi connectivity index (χ1n) is 9.34. The first-order chi connectivity index (χ1) is 14.3. The lowest BCUT2D eigenvalue weighted by molar-refractivity contribution is 0.0819. The summed E-state index contributed by atoms with van der Waals surface area (Å²) >= 11 is 0. The molecule has 1 amide bonds. The molecule has 0 aliphatic rings. The van der Waals surface area contributed by atoms with Crippen molar-refractivity contribution in [3.05, 3.63) is 77.6 Å². The van der Waals surface area contributed by atoms with Gasteiger partial charge in [0.2, 0.25) is 0 Å². The maximum Gasteiger partial charge on any atom is 0.257 e. The average Bonchev–Trinajstić information content (AvgIpc) is 3.30. The molecule has 0 radical (unpaired) electrons. The zero-order valence-corrected chi connectivity index (χ0v) is 16.8. The molecule has 0 N–H and O–H groups in total. The van der Waals surface area contributed by atoms with Crippen LogP contribution in [-0.2, 0) is 13.5 Å². The van der Waals surface area contributed by atoms with Crippen molar-refractivity contribution in [3.8, 4) is 11.3 Å². The van der Waals surface area contributed by atoms with Gasteiger partial charge in [-0.05, 0) is 29.8 Å². The zero-order valence-electron chi connectivity index (χ0n) is 16.8. The molecule has 0 bridgehead atoms. The molecule has 0 unspecified atom stereocenters. The van der Waals surface area contributed by atoms with Crippen LogP contribution in [0.25, 0.3) is 16.9 Å². The topological polar surface area (TPSA) is 72.5 Å². The second-order valence-corrected chi connectivity index (χ2v) is 7.27. The van der Waals surface area contributed by atoms with Gasteiger partial charge in [-0.1, -0.05) is 12.1 Å². The molecule has 3 heterocycles. The van der Waals surface area contributed by atoms with Gasteiger partial charge in [-0.25, -0.2) is 9.37 Å². The van der Waals surface area contributed by atoms with E-state index in [1.54, 1.807) is 33.3 Å². The van der Waals surface area contributed by atoms with E-state index in [1.165, 1.54) is 27.9 Å². The summed E-state index contributed by atoms with van der Waals surface area (Å²) < 4.78 is 16.8. The Morgan fingerprint density at radius 3 is 2.70 bits per heavy atom. The first kappa shape index (κ1) is 19.5. The largest absolute Gasteiger partial charge is 0.345 e. The minimum Gasteiger partial charge on any atom is -0.345 e. The average molecular weight is 405 g/mol. The highest BCUT2D eigenvalue weighted by Crippen LogP contribution is 2.21. The number of aromatic nitrogens is 4. The number of pyridine rings is 1. The monoisotopic (exact) mass is 405 g/mol. The molecule has 0 saturated carbocycles. The number of rotatable bonds is 5. The number of aryl methyl sites for hydroxylation is 1. The van der Waals surface area contributed by atoms with Gasteiger partial charge in [0.15, 0.2) is 5.78 Å². The van der Waals surface area contributed by atoms with Crippen molar-refractivity contribution >= 4 is 17.3 Å². The Morgan fingerprint density at radius 1 is 1.17 bits per heavy atom. The van der Waals surface area contributed by atoms with E-state index in [9.17, 15) is 14.0 Å². The molecule has 0 aliphatic heterocycles. The molecule has 1 aromatic carbocycles. The third-order valence-electron chi connectivity index (χ3n) is 4.85. The fourth-order valence-corrected chi connectivity index (χ4v) is 3.36. The Morgan fingerprint density at radius 2 is 1.97 bits per heavy atom. The Labute approximate surface area is 172 Å². The Balaban J connectivity index is 1.63. The van der Waals surface area contributed by atoms with Gasteiger partial charge in [0, 0.05) is 45.5 Å². The van der Waals surface area contributed by atoms with Crippen molar-refractivity contribution in [3.63, 3.8) is 0 Å². The number of amides is 1. The number of hydrogen-bond donors (Lipinski definition) is 0. The third-order valence-corrected chi connectivity index (χ3v) is 4.85. The summed E-state index contributed by atoms with van der Waals surface area (Å²) in [6.45, 7) is 0. The summed E-state index contributed by atoms with van der Waals surface area (Å²) in [6.07, 6.45) is 5.14. The van der Waals surface area contributed by atoms with E-state index >= 15 is 0 Å². The maximum atomic E-state index is 13.5. The van der Waals surface area contributed by atoms with Gasteiger partial charge in [0.25, 0.3) is 5.91 Å². The van der Waals surface area contributed by atoms with Crippen molar-refractivity contribution in [1.82, 2.24) is 24.1 Å². The molecule has 7 nitrogen and oxygen atoms in total. The van der Waals surface area contributed by atoms with Crippen LogP contribution in [0.4, 0.5) is 4.39 Å². The van der Waals surface area contributed by atoms with E-state index < -0.39 is 0 Å². The van der Waals surface area contributed by atoms with Gasteiger partial charge in [0.1, 0.15) is 17.2 Å². The summed E-state index contributed by atoms with van der Waals surface area (Å²) in [5.41, 5.74) is 3.28. The van der Waals surface area contributed by atoms with Crippen molar-refractivity contribution in [1.29, 1.82) is 0 Å². The standard InChI is InChI=1S/C22H20FN5O2/c1-26(2)22(30)17-12-24-27(3)21(17)19(29)9-14-7-8-28-13-18(25-20(28)10-14)15-5-4-6-16(23)11-15/h4-8,10-13H,9H2,1-3H3. The molecule has 0 spiro atoms. The van der Waals surface area contributed by atoms with E-state index in [0.717, 1.165) is 5.56 Å². The number of Topliss-reactive ketones (excluding diaryl/α,β-unsaturated/α-hetero) is 1.